The van der Waals surface area contributed by atoms with Gasteiger partial charge in [-0.2, -0.15) is 13.2 Å². The maximum absolute atomic E-state index is 12.3. The summed E-state index contributed by atoms with van der Waals surface area (Å²) in [6.45, 7) is 1.22. The zero-order valence-corrected chi connectivity index (χ0v) is 11.0. The number of alkyl halides is 3. The molecule has 112 valence electrons. The van der Waals surface area contributed by atoms with Gasteiger partial charge in [0.05, 0.1) is 6.54 Å². The van der Waals surface area contributed by atoms with Crippen LogP contribution in [0.25, 0.3) is 0 Å². The first kappa shape index (κ1) is 16.2. The molecule has 1 rings (SSSR count). The highest BCUT2D eigenvalue weighted by Gasteiger charge is 2.45. The van der Waals surface area contributed by atoms with Crippen LogP contribution in [0.3, 0.4) is 0 Å². The van der Waals surface area contributed by atoms with E-state index >= 15 is 0 Å². The van der Waals surface area contributed by atoms with Crippen LogP contribution in [0.4, 0.5) is 13.2 Å². The molecule has 3 N–H and O–H groups in total. The molecule has 0 aromatic rings. The third-order valence-electron chi connectivity index (χ3n) is 3.91. The fraction of sp³-hybridized carbons (Fsp3) is 0.917. The number of carbonyl (C=O) groups is 1. The normalized spacial score (nSPS) is 28.0. The van der Waals surface area contributed by atoms with Crippen molar-refractivity contribution in [2.75, 3.05) is 19.6 Å². The summed E-state index contributed by atoms with van der Waals surface area (Å²) in [5.74, 6) is -1.29. The van der Waals surface area contributed by atoms with E-state index in [0.29, 0.717) is 19.3 Å². The van der Waals surface area contributed by atoms with Crippen LogP contribution in [-0.4, -0.2) is 47.3 Å². The van der Waals surface area contributed by atoms with E-state index in [0.717, 1.165) is 6.42 Å². The smallest absolute Gasteiger partial charge is 0.401 e. The first-order valence-corrected chi connectivity index (χ1v) is 6.50. The van der Waals surface area contributed by atoms with Crippen LogP contribution in [0.2, 0.25) is 0 Å². The molecule has 2 unspecified atom stereocenters. The van der Waals surface area contributed by atoms with Crippen LogP contribution >= 0.6 is 0 Å². The Bertz CT molecular complexity index is 323. The minimum atomic E-state index is -4.22. The van der Waals surface area contributed by atoms with E-state index in [4.69, 9.17) is 10.8 Å². The molecule has 0 heterocycles. The maximum atomic E-state index is 12.3. The van der Waals surface area contributed by atoms with Crippen LogP contribution in [-0.2, 0) is 4.79 Å². The molecule has 0 aromatic carbocycles. The molecular formula is C12H21F3N2O2. The van der Waals surface area contributed by atoms with Gasteiger partial charge in [-0.3, -0.25) is 9.69 Å². The molecule has 7 heteroatoms. The van der Waals surface area contributed by atoms with E-state index in [2.05, 4.69) is 0 Å². The minimum Gasteiger partial charge on any atom is -0.480 e. The lowest BCUT2D eigenvalue weighted by Gasteiger charge is -2.29. The molecule has 0 aromatic heterocycles. The summed E-state index contributed by atoms with van der Waals surface area (Å²) in [6, 6.07) is 0. The molecule has 1 aliphatic carbocycles. The van der Waals surface area contributed by atoms with Gasteiger partial charge in [-0.05, 0) is 38.3 Å². The second-order valence-corrected chi connectivity index (χ2v) is 5.21. The van der Waals surface area contributed by atoms with Gasteiger partial charge in [0.25, 0.3) is 0 Å². The van der Waals surface area contributed by atoms with E-state index in [-0.39, 0.29) is 19.0 Å². The molecule has 1 aliphatic rings. The second-order valence-electron chi connectivity index (χ2n) is 5.21. The van der Waals surface area contributed by atoms with E-state index in [1.807, 2.05) is 0 Å². The molecule has 2 atom stereocenters. The van der Waals surface area contributed by atoms with Gasteiger partial charge in [-0.25, -0.2) is 0 Å². The van der Waals surface area contributed by atoms with Gasteiger partial charge in [0.1, 0.15) is 5.54 Å². The maximum Gasteiger partial charge on any atom is 0.401 e. The van der Waals surface area contributed by atoms with Gasteiger partial charge < -0.3 is 10.8 Å². The Hall–Kier alpha value is -0.820. The zero-order valence-electron chi connectivity index (χ0n) is 11.0. The van der Waals surface area contributed by atoms with Gasteiger partial charge in [0, 0.05) is 0 Å². The van der Waals surface area contributed by atoms with Crippen molar-refractivity contribution in [3.8, 4) is 0 Å². The molecule has 19 heavy (non-hydrogen) atoms. The van der Waals surface area contributed by atoms with Crippen molar-refractivity contribution in [1.82, 2.24) is 4.90 Å². The average molecular weight is 282 g/mol. The number of rotatable bonds is 6. The lowest BCUT2D eigenvalue weighted by molar-refractivity contribution is -0.148. The Morgan fingerprint density at radius 3 is 2.63 bits per heavy atom. The third kappa shape index (κ3) is 4.35. The minimum absolute atomic E-state index is 0.229. The van der Waals surface area contributed by atoms with E-state index in [1.54, 1.807) is 6.92 Å². The van der Waals surface area contributed by atoms with Gasteiger partial charge in [0.15, 0.2) is 0 Å². The largest absolute Gasteiger partial charge is 0.480 e. The van der Waals surface area contributed by atoms with E-state index in [1.165, 1.54) is 4.90 Å². The summed E-state index contributed by atoms with van der Waals surface area (Å²) < 4.78 is 36.9. The van der Waals surface area contributed by atoms with Crippen molar-refractivity contribution in [3.63, 3.8) is 0 Å². The van der Waals surface area contributed by atoms with Gasteiger partial charge in [0.2, 0.25) is 0 Å². The highest BCUT2D eigenvalue weighted by atomic mass is 19.4. The molecule has 4 nitrogen and oxygen atoms in total. The van der Waals surface area contributed by atoms with Crippen LogP contribution in [0.1, 0.15) is 32.6 Å². The molecule has 0 radical (unpaired) electrons. The van der Waals surface area contributed by atoms with E-state index in [9.17, 15) is 18.0 Å². The van der Waals surface area contributed by atoms with Crippen LogP contribution < -0.4 is 5.73 Å². The fourth-order valence-electron chi connectivity index (χ4n) is 2.73. The van der Waals surface area contributed by atoms with Gasteiger partial charge in [-0.1, -0.05) is 13.3 Å². The zero-order chi connectivity index (χ0) is 14.7. The Morgan fingerprint density at radius 1 is 1.53 bits per heavy atom. The summed E-state index contributed by atoms with van der Waals surface area (Å²) in [5.41, 5.74) is 4.59. The number of nitrogens with zero attached hydrogens (tertiary/aromatic N) is 1. The number of hydrogen-bond acceptors (Lipinski definition) is 3. The summed E-state index contributed by atoms with van der Waals surface area (Å²) in [4.78, 5) is 12.4. The second kappa shape index (κ2) is 6.09. The molecule has 1 fully saturated rings. The molecule has 1 saturated carbocycles. The van der Waals surface area contributed by atoms with Crippen molar-refractivity contribution < 1.29 is 23.1 Å². The molecule has 0 saturated heterocycles. The Labute approximate surface area is 110 Å². The number of nitrogens with two attached hydrogens (primary N) is 1. The van der Waals surface area contributed by atoms with Gasteiger partial charge in [-0.15, -0.1) is 0 Å². The third-order valence-corrected chi connectivity index (χ3v) is 3.91. The van der Waals surface area contributed by atoms with Crippen molar-refractivity contribution in [2.24, 2.45) is 11.7 Å². The average Bonchev–Trinajstić information content (AvgIpc) is 2.66. The SMILES string of the molecule is CCN(CCC1CCCC1(N)C(=O)O)CC(F)(F)F. The van der Waals surface area contributed by atoms with Crippen LogP contribution in [0.15, 0.2) is 0 Å². The topological polar surface area (TPSA) is 66.6 Å². The van der Waals surface area contributed by atoms with Crippen LogP contribution in [0, 0.1) is 5.92 Å². The monoisotopic (exact) mass is 282 g/mol. The Kier molecular flexibility index (Phi) is 5.20. The number of carboxylic acid groups (broad SMARTS) is 1. The number of hydrogen-bond donors (Lipinski definition) is 2. The molecule has 0 amide bonds. The number of carboxylic acids is 1. The predicted octanol–water partition coefficient (Wildman–Crippen LogP) is 1.84. The fourth-order valence-corrected chi connectivity index (χ4v) is 2.73. The van der Waals surface area contributed by atoms with Crippen molar-refractivity contribution in [2.45, 2.75) is 44.3 Å². The molecule has 0 bridgehead atoms. The van der Waals surface area contributed by atoms with E-state index < -0.39 is 24.2 Å². The lowest BCUT2D eigenvalue weighted by Crippen LogP contribution is -2.51. The highest BCUT2D eigenvalue weighted by Crippen LogP contribution is 2.36. The Balaban J connectivity index is 2.53. The standard InChI is InChI=1S/C12H21F3N2O2/c1-2-17(8-12(13,14)15)7-5-9-4-3-6-11(9,16)10(18)19/h9H,2-8,16H2,1H3,(H,18,19). The summed E-state index contributed by atoms with van der Waals surface area (Å²) >= 11 is 0. The highest BCUT2D eigenvalue weighted by molar-refractivity contribution is 5.79. The molecule has 0 spiro atoms. The summed E-state index contributed by atoms with van der Waals surface area (Å²) in [6.07, 6.45) is -2.03. The number of aliphatic carboxylic acids is 1. The lowest BCUT2D eigenvalue weighted by atomic mass is 9.85. The quantitative estimate of drug-likeness (QED) is 0.780. The van der Waals surface area contributed by atoms with Crippen molar-refractivity contribution in [3.05, 3.63) is 0 Å². The number of halogens is 3. The first-order chi connectivity index (χ1) is 8.69. The summed E-state index contributed by atoms with van der Waals surface area (Å²) in [5, 5.41) is 9.13. The first-order valence-electron chi connectivity index (χ1n) is 6.50. The van der Waals surface area contributed by atoms with Crippen LogP contribution in [0.5, 0.6) is 0 Å². The van der Waals surface area contributed by atoms with Crippen molar-refractivity contribution >= 4 is 5.97 Å². The van der Waals surface area contributed by atoms with Gasteiger partial charge >= 0.3 is 12.1 Å². The molecular weight excluding hydrogens is 261 g/mol. The molecule has 0 aliphatic heterocycles. The van der Waals surface area contributed by atoms with Crippen molar-refractivity contribution in [1.29, 1.82) is 0 Å². The Morgan fingerprint density at radius 2 is 2.16 bits per heavy atom. The predicted molar refractivity (Wildman–Crippen MR) is 64.7 cm³/mol. The summed E-state index contributed by atoms with van der Waals surface area (Å²) in [7, 11) is 0.